The van der Waals surface area contributed by atoms with E-state index in [2.05, 4.69) is 6.08 Å². The van der Waals surface area contributed by atoms with Crippen molar-refractivity contribution in [1.29, 1.82) is 0 Å². The quantitative estimate of drug-likeness (QED) is 0.316. The maximum Gasteiger partial charge on any atom is 0.534 e. The van der Waals surface area contributed by atoms with Gasteiger partial charge in [-0.15, -0.1) is 0 Å². The maximum atomic E-state index is 13.4. The van der Waals surface area contributed by atoms with Gasteiger partial charge in [0.15, 0.2) is 11.6 Å². The second kappa shape index (κ2) is 7.44. The first-order valence-electron chi connectivity index (χ1n) is 12.0. The van der Waals surface area contributed by atoms with Gasteiger partial charge >= 0.3 is 15.6 Å². The number of hydrogen-bond acceptors (Lipinski definition) is 7. The van der Waals surface area contributed by atoms with Crippen molar-refractivity contribution in [2.24, 2.45) is 23.2 Å². The summed E-state index contributed by atoms with van der Waals surface area (Å²) in [5.41, 5.74) is -4.45. The number of allylic oxidation sites excluding steroid dienone is 3. The molecule has 0 aromatic heterocycles. The van der Waals surface area contributed by atoms with Crippen molar-refractivity contribution in [2.45, 2.75) is 69.0 Å². The Labute approximate surface area is 196 Å². The Morgan fingerprint density at radius 1 is 1.00 bits per heavy atom. The molecule has 2 spiro atoms. The molecule has 2 heterocycles. The Kier molecular flexibility index (Phi) is 5.09. The van der Waals surface area contributed by atoms with Crippen LogP contribution in [-0.2, 0) is 33.2 Å². The summed E-state index contributed by atoms with van der Waals surface area (Å²) < 4.78 is 93.3. The molecule has 11 heteroatoms. The van der Waals surface area contributed by atoms with Crippen LogP contribution in [0.3, 0.4) is 0 Å². The van der Waals surface area contributed by atoms with Crippen molar-refractivity contribution in [3.63, 3.8) is 0 Å². The van der Waals surface area contributed by atoms with Crippen molar-refractivity contribution in [1.82, 2.24) is 0 Å². The van der Waals surface area contributed by atoms with E-state index in [4.69, 9.17) is 23.1 Å². The Morgan fingerprint density at radius 3 is 2.35 bits per heavy atom. The van der Waals surface area contributed by atoms with E-state index in [9.17, 15) is 21.6 Å². The molecule has 4 atom stereocenters. The summed E-state index contributed by atoms with van der Waals surface area (Å²) in [6, 6.07) is 0. The zero-order valence-electron chi connectivity index (χ0n) is 19.0. The highest BCUT2D eigenvalue weighted by Gasteiger charge is 2.66. The Balaban J connectivity index is 1.43. The van der Waals surface area contributed by atoms with E-state index in [1.807, 2.05) is 6.92 Å². The van der Waals surface area contributed by atoms with E-state index in [1.54, 1.807) is 0 Å². The van der Waals surface area contributed by atoms with Crippen LogP contribution in [0, 0.1) is 23.2 Å². The molecule has 2 saturated carbocycles. The minimum atomic E-state index is -5.81. The van der Waals surface area contributed by atoms with Gasteiger partial charge in [0.1, 0.15) is 5.76 Å². The number of alkyl halides is 3. The molecular formula is C23H29F3O7S. The van der Waals surface area contributed by atoms with Crippen LogP contribution in [0.5, 0.6) is 0 Å². The molecule has 4 aliphatic carbocycles. The third-order valence-electron chi connectivity index (χ3n) is 9.01. The van der Waals surface area contributed by atoms with E-state index in [0.29, 0.717) is 64.1 Å². The molecule has 2 saturated heterocycles. The lowest BCUT2D eigenvalue weighted by Crippen LogP contribution is -2.52. The van der Waals surface area contributed by atoms with Crippen LogP contribution >= 0.6 is 0 Å². The summed E-state index contributed by atoms with van der Waals surface area (Å²) in [6.45, 7) is 3.81. The molecule has 6 aliphatic rings. The lowest BCUT2D eigenvalue weighted by molar-refractivity contribution is -0.230. The summed E-state index contributed by atoms with van der Waals surface area (Å²) in [4.78, 5) is 0. The zero-order valence-corrected chi connectivity index (χ0v) is 19.8. The summed E-state index contributed by atoms with van der Waals surface area (Å²) in [5.74, 6) is -1.90. The second-order valence-corrected chi connectivity index (χ2v) is 12.1. The molecule has 0 radical (unpaired) electrons. The molecular weight excluding hydrogens is 477 g/mol. The second-order valence-electron chi connectivity index (χ2n) is 10.5. The standard InChI is InChI=1S/C23H29F3O7S/c1-20-13-18(33-34(27,28)23(24,25)26)19-15-4-6-21(29-8-9-30-21)12-14(15)2-3-16(19)17(20)5-7-22(20)31-10-11-32-22/h2,15-17H,3-13H2,1H3/t15-,16-,17-,20-/m0/s1. The Morgan fingerprint density at radius 2 is 1.68 bits per heavy atom. The van der Waals surface area contributed by atoms with Crippen LogP contribution in [-0.4, -0.2) is 51.9 Å². The first kappa shape index (κ1) is 23.3. The Bertz CT molecular complexity index is 1040. The largest absolute Gasteiger partial charge is 0.534 e. The average Bonchev–Trinajstić information content (AvgIpc) is 3.48. The highest BCUT2D eigenvalue weighted by Crippen LogP contribution is 2.66. The first-order valence-corrected chi connectivity index (χ1v) is 13.4. The molecule has 6 rings (SSSR count). The van der Waals surface area contributed by atoms with Gasteiger partial charge in [-0.3, -0.25) is 0 Å². The van der Waals surface area contributed by atoms with Crippen molar-refractivity contribution in [3.8, 4) is 0 Å². The molecule has 0 aromatic rings. The minimum absolute atomic E-state index is 0.0285. The van der Waals surface area contributed by atoms with Gasteiger partial charge in [0.05, 0.1) is 26.4 Å². The van der Waals surface area contributed by atoms with Gasteiger partial charge in [-0.1, -0.05) is 18.6 Å². The number of hydrogen-bond donors (Lipinski definition) is 0. The fourth-order valence-electron chi connectivity index (χ4n) is 7.60. The molecule has 0 bridgehead atoms. The van der Waals surface area contributed by atoms with Gasteiger partial charge in [0, 0.05) is 37.0 Å². The van der Waals surface area contributed by atoms with Crippen LogP contribution < -0.4 is 0 Å². The third kappa shape index (κ3) is 3.19. The van der Waals surface area contributed by atoms with Crippen molar-refractivity contribution in [2.75, 3.05) is 26.4 Å². The molecule has 0 N–H and O–H groups in total. The monoisotopic (exact) mass is 506 g/mol. The molecule has 4 fully saturated rings. The average molecular weight is 507 g/mol. The SMILES string of the molecule is C[C@]12CC(OS(=O)(=O)C(F)(F)F)=C3[C@H]4CCC5(CC4=CC[C@H]3[C@@H]1CCC21OCCO1)OCCO5. The minimum Gasteiger partial charge on any atom is -0.381 e. The van der Waals surface area contributed by atoms with Crippen LogP contribution in [0.2, 0.25) is 0 Å². The number of ether oxygens (including phenoxy) is 4. The third-order valence-corrected chi connectivity index (χ3v) is 10.0. The van der Waals surface area contributed by atoms with Crippen LogP contribution in [0.4, 0.5) is 13.2 Å². The predicted molar refractivity (Wildman–Crippen MR) is 111 cm³/mol. The highest BCUT2D eigenvalue weighted by atomic mass is 32.2. The van der Waals surface area contributed by atoms with E-state index in [1.165, 1.54) is 0 Å². The molecule has 7 nitrogen and oxygen atoms in total. The van der Waals surface area contributed by atoms with Gasteiger partial charge in [0.2, 0.25) is 0 Å². The highest BCUT2D eigenvalue weighted by molar-refractivity contribution is 7.87. The van der Waals surface area contributed by atoms with E-state index >= 15 is 0 Å². The molecule has 0 amide bonds. The lowest BCUT2D eigenvalue weighted by Gasteiger charge is -2.52. The summed E-state index contributed by atoms with van der Waals surface area (Å²) >= 11 is 0. The normalized spacial score (nSPS) is 38.6. The van der Waals surface area contributed by atoms with Crippen LogP contribution in [0.15, 0.2) is 23.0 Å². The zero-order chi connectivity index (χ0) is 24.0. The summed E-state index contributed by atoms with van der Waals surface area (Å²) in [6.07, 6.45) is 5.96. The number of fused-ring (bicyclic) bond motifs is 6. The molecule has 34 heavy (non-hydrogen) atoms. The first-order chi connectivity index (χ1) is 16.0. The number of halogens is 3. The smallest absolute Gasteiger partial charge is 0.381 e. The predicted octanol–water partition coefficient (Wildman–Crippen LogP) is 4.16. The van der Waals surface area contributed by atoms with Crippen molar-refractivity contribution >= 4 is 10.1 Å². The van der Waals surface area contributed by atoms with Gasteiger partial charge in [-0.25, -0.2) is 0 Å². The lowest BCUT2D eigenvalue weighted by atomic mass is 9.56. The van der Waals surface area contributed by atoms with Crippen LogP contribution in [0.1, 0.15) is 51.9 Å². The molecule has 0 unspecified atom stereocenters. The molecule has 0 aromatic carbocycles. The van der Waals surface area contributed by atoms with Crippen molar-refractivity contribution < 1.29 is 44.7 Å². The van der Waals surface area contributed by atoms with Gasteiger partial charge in [-0.2, -0.15) is 21.6 Å². The maximum absolute atomic E-state index is 13.4. The number of rotatable bonds is 2. The Hall–Kier alpha value is -1.14. The van der Waals surface area contributed by atoms with Crippen LogP contribution in [0.25, 0.3) is 0 Å². The topological polar surface area (TPSA) is 80.3 Å². The fraction of sp³-hybridized carbons (Fsp3) is 0.826. The van der Waals surface area contributed by atoms with E-state index < -0.39 is 32.6 Å². The summed E-state index contributed by atoms with van der Waals surface area (Å²) in [5, 5.41) is 0. The van der Waals surface area contributed by atoms with Crippen molar-refractivity contribution in [3.05, 3.63) is 23.0 Å². The van der Waals surface area contributed by atoms with E-state index in [-0.39, 0.29) is 29.9 Å². The molecule has 2 aliphatic heterocycles. The van der Waals surface area contributed by atoms with Gasteiger partial charge < -0.3 is 23.1 Å². The van der Waals surface area contributed by atoms with Gasteiger partial charge in [0.25, 0.3) is 0 Å². The van der Waals surface area contributed by atoms with E-state index in [0.717, 1.165) is 12.0 Å². The van der Waals surface area contributed by atoms with Gasteiger partial charge in [-0.05, 0) is 36.7 Å². The fourth-order valence-corrected chi connectivity index (χ4v) is 8.11. The summed E-state index contributed by atoms with van der Waals surface area (Å²) in [7, 11) is -5.81. The molecule has 190 valence electrons.